The van der Waals surface area contributed by atoms with Crippen LogP contribution in [-0.4, -0.2) is 112 Å². The van der Waals surface area contributed by atoms with Crippen molar-refractivity contribution < 1.29 is 38.4 Å². The molecule has 9 aromatic rings. The number of halogens is 1. The van der Waals surface area contributed by atoms with Crippen molar-refractivity contribution in [1.82, 2.24) is 59.2 Å². The van der Waals surface area contributed by atoms with Crippen LogP contribution in [0.1, 0.15) is 48.9 Å². The van der Waals surface area contributed by atoms with Gasteiger partial charge in [-0.05, 0) is 48.5 Å². The first kappa shape index (κ1) is 59.8. The summed E-state index contributed by atoms with van der Waals surface area (Å²) in [5, 5.41) is 29.5. The van der Waals surface area contributed by atoms with Crippen LogP contribution in [0.4, 0.5) is 11.6 Å². The molecule has 0 amide bonds. The van der Waals surface area contributed by atoms with E-state index in [2.05, 4.69) is 71.1 Å². The highest BCUT2D eigenvalue weighted by Gasteiger charge is 2.14. The molecule has 396 valence electrons. The van der Waals surface area contributed by atoms with Crippen LogP contribution >= 0.6 is 11.6 Å². The predicted octanol–water partition coefficient (Wildman–Crippen LogP) is 6.55. The fourth-order valence-corrected chi connectivity index (χ4v) is 5.67. The number of aliphatic hydroxyl groups is 1. The van der Waals surface area contributed by atoms with Gasteiger partial charge in [0.25, 0.3) is 0 Å². The Morgan fingerprint density at radius 1 is 0.667 bits per heavy atom. The van der Waals surface area contributed by atoms with Gasteiger partial charge in [0.15, 0.2) is 12.6 Å². The van der Waals surface area contributed by atoms with Crippen molar-refractivity contribution >= 4 is 41.5 Å². The molecule has 9 aromatic heterocycles. The Labute approximate surface area is 451 Å². The van der Waals surface area contributed by atoms with E-state index in [0.717, 1.165) is 29.6 Å². The summed E-state index contributed by atoms with van der Waals surface area (Å²) in [6.45, 7) is 6.25. The van der Waals surface area contributed by atoms with E-state index in [1.165, 1.54) is 77.8 Å². The summed E-state index contributed by atoms with van der Waals surface area (Å²) in [5.74, 6) is 3.45. The first-order valence-electron chi connectivity index (χ1n) is 22.3. The van der Waals surface area contributed by atoms with E-state index < -0.39 is 0 Å². The summed E-state index contributed by atoms with van der Waals surface area (Å²) in [4.78, 5) is 67.7. The molecule has 0 aliphatic rings. The molecule has 9 heterocycles. The smallest absolute Gasteiger partial charge is 0.231 e. The number of aliphatic hydroxyl groups excluding tert-OH is 1. The number of aldehydes is 2. The molecule has 0 spiro atoms. The molecule has 26 heteroatoms. The molecule has 0 bridgehead atoms. The Hall–Kier alpha value is -10.8. The minimum Gasteiger partial charge on any atom is -0.480 e. The Balaban J connectivity index is 0.000000228. The number of pyridine rings is 5. The maximum atomic E-state index is 10.4. The number of nitrogen functional groups attached to an aromatic ring is 1. The maximum Gasteiger partial charge on any atom is 0.231 e. The van der Waals surface area contributed by atoms with Crippen molar-refractivity contribution in [3.05, 3.63) is 185 Å². The Morgan fingerprint density at radius 2 is 1.17 bits per heavy atom. The van der Waals surface area contributed by atoms with Gasteiger partial charge in [-0.15, -0.1) is 0 Å². The van der Waals surface area contributed by atoms with Crippen molar-refractivity contribution in [3.8, 4) is 52.8 Å². The zero-order valence-electron chi connectivity index (χ0n) is 42.4. The number of carbonyl (C=O) groups is 2. The first-order chi connectivity index (χ1) is 38.0. The standard InChI is InChI=1S/C20H17N7O2.C12H11N3O3.C6H4ClNO.C6H5N3.C6H8N2O2.C2H3N/c1-22-20-19(26-16-7-13(8-21)5-6-27(16)20)14-3-4-17(24-9-14)29-12-15-10-25-18(28-2)11-23-15;1-17-12-6-13-10(5-15-12)8-18-11-3-2-9(7-16)4-14-11;7-6-2-1-5(4-9)3-8-6;7-4-5-1-2-9-6(8)3-5;1-10-6-3-7-5(4-9)2-8-6;1-3-2/h3-7,9-11,22H,12H2,1-2H3;2-7H,8H2,1H3;1-4H;1-3H,(H2,8,9);2-3,9H,4H2,1H3;1H3. The van der Waals surface area contributed by atoms with Crippen LogP contribution in [0, 0.1) is 29.2 Å². The fourth-order valence-electron chi connectivity index (χ4n) is 5.55. The molecular formula is C52H48ClN17O8. The number of hydrogen-bond acceptors (Lipinski definition) is 23. The van der Waals surface area contributed by atoms with E-state index >= 15 is 0 Å². The van der Waals surface area contributed by atoms with Crippen LogP contribution in [0.2, 0.25) is 5.15 Å². The summed E-state index contributed by atoms with van der Waals surface area (Å²) < 4.78 is 27.6. The molecule has 9 rings (SSSR count). The summed E-state index contributed by atoms with van der Waals surface area (Å²) in [6.07, 6.45) is 18.5. The molecule has 0 fully saturated rings. The highest BCUT2D eigenvalue weighted by molar-refractivity contribution is 6.29. The van der Waals surface area contributed by atoms with Crippen LogP contribution in [0.15, 0.2) is 129 Å². The molecule has 0 atom stereocenters. The minimum absolute atomic E-state index is 0.0863. The number of imidazole rings is 1. The second-order valence-corrected chi connectivity index (χ2v) is 14.9. The quantitative estimate of drug-likeness (QED) is 0.0590. The lowest BCUT2D eigenvalue weighted by atomic mass is 10.2. The lowest BCUT2D eigenvalue weighted by Gasteiger charge is -2.07. The lowest BCUT2D eigenvalue weighted by molar-refractivity contribution is 0.111. The summed E-state index contributed by atoms with van der Waals surface area (Å²) in [7, 11) is 7.82. The number of fused-ring (bicyclic) bond motifs is 1. The number of nitrogens with two attached hydrogens (primary N) is 1. The maximum absolute atomic E-state index is 10.4. The zero-order valence-corrected chi connectivity index (χ0v) is 43.1. The van der Waals surface area contributed by atoms with Crippen molar-refractivity contribution in [2.45, 2.75) is 19.8 Å². The van der Waals surface area contributed by atoms with Crippen LogP contribution < -0.4 is 34.7 Å². The van der Waals surface area contributed by atoms with Crippen LogP contribution in [0.25, 0.3) is 21.7 Å². The van der Waals surface area contributed by atoms with Gasteiger partial charge in [-0.2, -0.15) is 10.5 Å². The molecule has 0 unspecified atom stereocenters. The van der Waals surface area contributed by atoms with Crippen molar-refractivity contribution in [2.75, 3.05) is 46.5 Å². The van der Waals surface area contributed by atoms with Gasteiger partial charge in [0.1, 0.15) is 41.3 Å². The normalized spacial score (nSPS) is 9.49. The second-order valence-electron chi connectivity index (χ2n) is 14.5. The highest BCUT2D eigenvalue weighted by atomic mass is 35.5. The molecule has 78 heavy (non-hydrogen) atoms. The zero-order chi connectivity index (χ0) is 56.5. The Kier molecular flexibility index (Phi) is 25.4. The number of carbonyl (C=O) groups excluding carboxylic acids is 2. The molecule has 4 N–H and O–H groups in total. The third kappa shape index (κ3) is 19.9. The van der Waals surface area contributed by atoms with E-state index in [1.54, 1.807) is 67.1 Å². The van der Waals surface area contributed by atoms with Crippen molar-refractivity contribution in [2.24, 2.45) is 0 Å². The van der Waals surface area contributed by atoms with Gasteiger partial charge in [0.2, 0.25) is 36.4 Å². The van der Waals surface area contributed by atoms with E-state index in [1.807, 2.05) is 29.8 Å². The summed E-state index contributed by atoms with van der Waals surface area (Å²) >= 11 is 5.44. The summed E-state index contributed by atoms with van der Waals surface area (Å²) in [6, 6.07) is 20.8. The summed E-state index contributed by atoms with van der Waals surface area (Å²) in [5.41, 5.74) is 11.5. The van der Waals surface area contributed by atoms with Gasteiger partial charge in [0.05, 0.1) is 105 Å². The average molecular weight is 1070 g/mol. The van der Waals surface area contributed by atoms with Gasteiger partial charge in [-0.1, -0.05) is 11.6 Å². The molecule has 0 saturated heterocycles. The van der Waals surface area contributed by atoms with Crippen LogP contribution in [0.3, 0.4) is 0 Å². The molecular weight excluding hydrogens is 1030 g/mol. The number of hydrogen-bond donors (Lipinski definition) is 3. The number of ether oxygens (including phenoxy) is 5. The van der Waals surface area contributed by atoms with Gasteiger partial charge < -0.3 is 44.7 Å². The van der Waals surface area contributed by atoms with Crippen molar-refractivity contribution in [3.63, 3.8) is 0 Å². The monoisotopic (exact) mass is 1070 g/mol. The molecule has 0 radical (unpaired) electrons. The van der Waals surface area contributed by atoms with Gasteiger partial charge in [-0.25, -0.2) is 46.4 Å². The Morgan fingerprint density at radius 3 is 1.56 bits per heavy atom. The SMILES string of the molecule is CNc1c(-c2ccc(OCc3cnc(OC)cn3)nc2)nc2cc(C#N)ccn12.COc1cnc(CO)cn1.COc1cnc(COc2ccc(C=O)cn2)cn1.N#Cc1ccnc(N)c1.O=Cc1ccc(Cl)nc1.[C-]#[N+]C. The molecule has 0 saturated carbocycles. The third-order valence-corrected chi connectivity index (χ3v) is 9.49. The molecule has 0 aliphatic carbocycles. The lowest BCUT2D eigenvalue weighted by Crippen LogP contribution is -2.01. The van der Waals surface area contributed by atoms with Gasteiger partial charge >= 0.3 is 0 Å². The topological polar surface area (TPSA) is 337 Å². The van der Waals surface area contributed by atoms with E-state index in [9.17, 15) is 9.59 Å². The van der Waals surface area contributed by atoms with Gasteiger partial charge in [0, 0.05) is 66.9 Å². The highest BCUT2D eigenvalue weighted by Crippen LogP contribution is 2.29. The number of nitrogens with one attached hydrogen (secondary N) is 1. The molecule has 0 aromatic carbocycles. The number of methoxy groups -OCH3 is 3. The second kappa shape index (κ2) is 33.1. The average Bonchev–Trinajstić information content (AvgIpc) is 3.90. The van der Waals surface area contributed by atoms with E-state index in [-0.39, 0.29) is 19.8 Å². The van der Waals surface area contributed by atoms with Crippen LogP contribution in [0.5, 0.6) is 29.4 Å². The first-order valence-corrected chi connectivity index (χ1v) is 22.7. The molecule has 0 aliphatic heterocycles. The fraction of sp³-hybridized carbons (Fsp3) is 0.154. The third-order valence-electron chi connectivity index (χ3n) is 9.26. The van der Waals surface area contributed by atoms with E-state index in [4.69, 9.17) is 63.2 Å². The van der Waals surface area contributed by atoms with Crippen molar-refractivity contribution in [1.29, 1.82) is 10.5 Å². The number of nitriles is 2. The number of anilines is 2. The Bertz CT molecular complexity index is 3350. The molecule has 25 nitrogen and oxygen atoms in total. The minimum atomic E-state index is -0.0863. The predicted molar refractivity (Wildman–Crippen MR) is 283 cm³/mol. The number of rotatable bonds is 14. The van der Waals surface area contributed by atoms with E-state index in [0.29, 0.717) is 85.4 Å². The number of nitrogens with zero attached hydrogens (tertiary/aromatic N) is 15. The van der Waals surface area contributed by atoms with Crippen LogP contribution in [-0.2, 0) is 19.8 Å². The number of aromatic nitrogens is 12. The van der Waals surface area contributed by atoms with Gasteiger partial charge in [-0.3, -0.25) is 28.9 Å². The largest absolute Gasteiger partial charge is 0.480 e.